The molecule has 0 aliphatic rings. The molecule has 0 aromatic carbocycles. The molecule has 0 fully saturated rings. The summed E-state index contributed by atoms with van der Waals surface area (Å²) < 4.78 is 0. The highest BCUT2D eigenvalue weighted by Crippen LogP contribution is 2.16. The van der Waals surface area contributed by atoms with Gasteiger partial charge in [-0.25, -0.2) is 0 Å². The number of carbonyl (C=O) groups excluding carboxylic acids is 1. The van der Waals surface area contributed by atoms with E-state index < -0.39 is 36.9 Å². The van der Waals surface area contributed by atoms with E-state index in [1.54, 1.807) is 0 Å². The van der Waals surface area contributed by atoms with Gasteiger partial charge in [-0.15, -0.1) is 0 Å². The van der Waals surface area contributed by atoms with E-state index in [1.807, 2.05) is 0 Å². The lowest BCUT2D eigenvalue weighted by Gasteiger charge is -2.27. The normalized spacial score (nSPS) is 14.3. The van der Waals surface area contributed by atoms with Crippen molar-refractivity contribution in [2.45, 2.75) is 282 Å². The molecule has 4 atom stereocenters. The molecule has 0 aromatic rings. The van der Waals surface area contributed by atoms with Gasteiger partial charge in [0.2, 0.25) is 5.91 Å². The lowest BCUT2D eigenvalue weighted by molar-refractivity contribution is -0.132. The van der Waals surface area contributed by atoms with Gasteiger partial charge in [-0.1, -0.05) is 223 Å². The number of unbranched alkanes of at least 4 members (excludes halogenated alkanes) is 30. The molecule has 0 aromatic heterocycles. The summed E-state index contributed by atoms with van der Waals surface area (Å²) in [5.74, 6) is -0.602. The number of allylic oxidation sites excluding steroid dienone is 8. The first-order valence-electron chi connectivity index (χ1n) is 26.0. The number of aliphatic hydroxyl groups excluding tert-OH is 4. The summed E-state index contributed by atoms with van der Waals surface area (Å²) in [6, 6.07) is -1.01. The third kappa shape index (κ3) is 41.6. The van der Waals surface area contributed by atoms with Crippen LogP contribution in [0.3, 0.4) is 0 Å². The van der Waals surface area contributed by atoms with E-state index >= 15 is 0 Å². The summed E-state index contributed by atoms with van der Waals surface area (Å²) in [5.41, 5.74) is 0. The Hall–Kier alpha value is -1.73. The molecule has 352 valence electrons. The van der Waals surface area contributed by atoms with Crippen molar-refractivity contribution >= 4 is 5.91 Å². The molecule has 6 nitrogen and oxygen atoms in total. The van der Waals surface area contributed by atoms with Crippen molar-refractivity contribution in [2.24, 2.45) is 0 Å². The Morgan fingerprint density at radius 3 is 1.15 bits per heavy atom. The van der Waals surface area contributed by atoms with E-state index in [9.17, 15) is 25.2 Å². The molecule has 0 heterocycles. The molecule has 0 saturated carbocycles. The maximum absolute atomic E-state index is 12.6. The van der Waals surface area contributed by atoms with Crippen LogP contribution >= 0.6 is 0 Å². The molecule has 0 aliphatic carbocycles. The molecule has 60 heavy (non-hydrogen) atoms. The lowest BCUT2D eigenvalue weighted by atomic mass is 10.00. The molecular weight excluding hydrogens is 743 g/mol. The number of amides is 1. The van der Waals surface area contributed by atoms with Crippen molar-refractivity contribution < 1.29 is 25.2 Å². The smallest absolute Gasteiger partial charge is 0.249 e. The van der Waals surface area contributed by atoms with Crippen LogP contribution in [-0.2, 0) is 4.79 Å². The second kappa shape index (κ2) is 48.3. The summed E-state index contributed by atoms with van der Waals surface area (Å²) in [6.45, 7) is 4.05. The Balaban J connectivity index is 3.75. The summed E-state index contributed by atoms with van der Waals surface area (Å²) in [7, 11) is 0. The zero-order valence-corrected chi connectivity index (χ0v) is 39.7. The zero-order chi connectivity index (χ0) is 43.8. The highest BCUT2D eigenvalue weighted by atomic mass is 16.3. The Morgan fingerprint density at radius 2 is 0.750 bits per heavy atom. The largest absolute Gasteiger partial charge is 0.394 e. The first kappa shape index (κ1) is 58.3. The minimum atomic E-state index is -1.29. The number of aliphatic hydroxyl groups is 4. The summed E-state index contributed by atoms with van der Waals surface area (Å²) in [6.07, 6.45) is 60.2. The molecule has 1 amide bonds. The Bertz CT molecular complexity index is 993. The van der Waals surface area contributed by atoms with Crippen molar-refractivity contribution in [3.05, 3.63) is 48.6 Å². The Kier molecular flexibility index (Phi) is 46.9. The number of rotatable bonds is 47. The molecule has 0 spiro atoms. The quantitative estimate of drug-likeness (QED) is 0.0310. The molecule has 4 unspecified atom stereocenters. The van der Waals surface area contributed by atoms with Crippen LogP contribution in [0.2, 0.25) is 0 Å². The van der Waals surface area contributed by atoms with Crippen LogP contribution in [0.25, 0.3) is 0 Å². The average Bonchev–Trinajstić information content (AvgIpc) is 3.25. The van der Waals surface area contributed by atoms with E-state index in [-0.39, 0.29) is 0 Å². The first-order chi connectivity index (χ1) is 29.5. The third-order valence-corrected chi connectivity index (χ3v) is 12.0. The minimum Gasteiger partial charge on any atom is -0.394 e. The average molecular weight is 844 g/mol. The van der Waals surface area contributed by atoms with Crippen molar-refractivity contribution in [2.75, 3.05) is 6.61 Å². The second-order valence-corrected chi connectivity index (χ2v) is 17.8. The van der Waals surface area contributed by atoms with Gasteiger partial charge in [0, 0.05) is 0 Å². The van der Waals surface area contributed by atoms with Crippen molar-refractivity contribution in [3.8, 4) is 0 Å². The summed E-state index contributed by atoms with van der Waals surface area (Å²) in [5, 5.41) is 43.8. The van der Waals surface area contributed by atoms with Gasteiger partial charge >= 0.3 is 0 Å². The molecule has 5 N–H and O–H groups in total. The van der Waals surface area contributed by atoms with Gasteiger partial charge in [0.15, 0.2) is 0 Å². The predicted octanol–water partition coefficient (Wildman–Crippen LogP) is 14.6. The van der Waals surface area contributed by atoms with Gasteiger partial charge in [0.25, 0.3) is 0 Å². The molecular formula is C54H101NO5. The second-order valence-electron chi connectivity index (χ2n) is 17.8. The fourth-order valence-electron chi connectivity index (χ4n) is 7.86. The number of hydrogen-bond acceptors (Lipinski definition) is 5. The van der Waals surface area contributed by atoms with Crippen molar-refractivity contribution in [1.29, 1.82) is 0 Å². The van der Waals surface area contributed by atoms with Gasteiger partial charge in [0.1, 0.15) is 12.2 Å². The summed E-state index contributed by atoms with van der Waals surface area (Å²) >= 11 is 0. The standard InChI is InChI=1S/C54H101NO5/c1-3-5-7-9-11-13-15-17-19-21-23-25-26-27-28-30-32-34-36-38-40-42-44-46-48-52(58)54(60)55-50(49-56)53(59)51(57)47-45-43-41-39-37-35-33-31-29-24-22-20-18-16-14-12-10-8-6-4-2/h23,25,27-28,31,33,39,41,50-53,56-59H,3-22,24,26,29-30,32,34-38,40,42-49H2,1-2H3,(H,55,60)/b25-23-,28-27-,33-31+,41-39+. The fraction of sp³-hybridized carbons (Fsp3) is 0.833. The van der Waals surface area contributed by atoms with Gasteiger partial charge < -0.3 is 25.7 Å². The molecule has 0 bridgehead atoms. The molecule has 0 saturated heterocycles. The van der Waals surface area contributed by atoms with E-state index in [0.29, 0.717) is 19.3 Å². The third-order valence-electron chi connectivity index (χ3n) is 12.0. The van der Waals surface area contributed by atoms with E-state index in [2.05, 4.69) is 67.8 Å². The van der Waals surface area contributed by atoms with Crippen LogP contribution in [-0.4, -0.2) is 57.3 Å². The molecule has 0 radical (unpaired) electrons. The topological polar surface area (TPSA) is 110 Å². The van der Waals surface area contributed by atoms with Crippen molar-refractivity contribution in [1.82, 2.24) is 5.32 Å². The van der Waals surface area contributed by atoms with Crippen LogP contribution in [0.4, 0.5) is 0 Å². The van der Waals surface area contributed by atoms with Crippen LogP contribution in [0, 0.1) is 0 Å². The maximum Gasteiger partial charge on any atom is 0.249 e. The van der Waals surface area contributed by atoms with E-state index in [4.69, 9.17) is 0 Å². The predicted molar refractivity (Wildman–Crippen MR) is 260 cm³/mol. The zero-order valence-electron chi connectivity index (χ0n) is 39.7. The maximum atomic E-state index is 12.6. The SMILES string of the molecule is CCCCCCCCCCC/C=C\C/C=C\CCCCCCCCCCC(O)C(=O)NC(CO)C(O)C(O)CCC/C=C/CC/C=C/CCCCCCCCCCCCC. The van der Waals surface area contributed by atoms with E-state index in [1.165, 1.54) is 173 Å². The van der Waals surface area contributed by atoms with Gasteiger partial charge in [0.05, 0.1) is 18.8 Å². The molecule has 0 aliphatic heterocycles. The fourth-order valence-corrected chi connectivity index (χ4v) is 7.86. The Morgan fingerprint density at radius 1 is 0.417 bits per heavy atom. The first-order valence-corrected chi connectivity index (χ1v) is 26.0. The van der Waals surface area contributed by atoms with Gasteiger partial charge in [-0.05, 0) is 83.5 Å². The van der Waals surface area contributed by atoms with Crippen LogP contribution in [0.15, 0.2) is 48.6 Å². The number of carbonyl (C=O) groups is 1. The van der Waals surface area contributed by atoms with Crippen LogP contribution in [0.5, 0.6) is 0 Å². The highest BCUT2D eigenvalue weighted by molar-refractivity contribution is 5.80. The van der Waals surface area contributed by atoms with Crippen LogP contribution in [0.1, 0.15) is 258 Å². The number of nitrogens with one attached hydrogen (secondary N) is 1. The highest BCUT2D eigenvalue weighted by Gasteiger charge is 2.28. The Labute approximate surface area is 372 Å². The van der Waals surface area contributed by atoms with Crippen LogP contribution < -0.4 is 5.32 Å². The summed E-state index contributed by atoms with van der Waals surface area (Å²) in [4.78, 5) is 12.6. The molecule has 6 heteroatoms. The monoisotopic (exact) mass is 844 g/mol. The van der Waals surface area contributed by atoms with E-state index in [0.717, 1.165) is 51.4 Å². The minimum absolute atomic E-state index is 0.352. The van der Waals surface area contributed by atoms with Gasteiger partial charge in [-0.2, -0.15) is 0 Å². The molecule has 0 rings (SSSR count). The lowest BCUT2D eigenvalue weighted by Crippen LogP contribution is -2.53. The number of hydrogen-bond donors (Lipinski definition) is 5. The van der Waals surface area contributed by atoms with Crippen molar-refractivity contribution in [3.63, 3.8) is 0 Å². The van der Waals surface area contributed by atoms with Gasteiger partial charge in [-0.3, -0.25) is 4.79 Å².